The van der Waals surface area contributed by atoms with Gasteiger partial charge in [0.1, 0.15) is 38.9 Å². The number of phenolic OH excluding ortho intramolecular Hbond substituents is 6. The number of hydrogen-bond acceptors (Lipinski definition) is 23. The van der Waals surface area contributed by atoms with Crippen LogP contribution in [0.3, 0.4) is 0 Å². The standard InChI is InChI=1S/C14H11Cl2N3O3.C14H9Cl2N3O2.C13H9Cl2N3O2S.C12H10Cl2N2O2.C12H11IN2O2.C9H6Cl2N2O2.BrH/c1-6-8(7(2)22-18-6)4-19-5-17-12-11(14(19)21)9(15)3-10(16)13(12)20;15-9-5-10(16)13(20)12-11(9)14(21)19(7-18-12)6-8-3-1-2-4-17-8;1-6-17-7(4-21-6)3-18-5-16-11-10(13(18)20)8(14)2-9(15)12(11)19;13-7-3-8(14)11(17)10-9(7)12(18)16(5-15-10)4-6-1-2-6;13-9-4-3-8-10(11(9)16)14-6-15(12(8)17)5-7-1-2-7;1-13-3-12-7-6(9(13)15)4(10)2-5(11)8(7)14;/h3,5,20H,4H2,1-2H3;1-5,7,20H,6H2;2,4-5,19H,3H2,1H3;3,5-6,17H,1-2,4H2;3-4,6-7,16H,1-2,5H2;2-3,14H,1H3;1H. The van der Waals surface area contributed by atoms with E-state index in [1.165, 1.54) is 104 Å². The van der Waals surface area contributed by atoms with Crippen molar-refractivity contribution < 1.29 is 35.2 Å². The molecule has 6 N–H and O–H groups in total. The fraction of sp³-hybridized carbons (Fsp3) is 0.203. The molecule has 115 heavy (non-hydrogen) atoms. The van der Waals surface area contributed by atoms with Gasteiger partial charge in [0.25, 0.3) is 33.4 Å². The second-order valence-corrected chi connectivity index (χ2v) is 32.1. The zero-order valence-electron chi connectivity index (χ0n) is 59.6. The van der Waals surface area contributed by atoms with Crippen molar-refractivity contribution in [2.45, 2.75) is 79.2 Å². The summed E-state index contributed by atoms with van der Waals surface area (Å²) in [4.78, 5) is 107. The summed E-state index contributed by atoms with van der Waals surface area (Å²) in [5, 5.41) is 68.1. The van der Waals surface area contributed by atoms with Crippen LogP contribution >= 0.6 is 167 Å². The average molecular weight is 1960 g/mol. The zero-order chi connectivity index (χ0) is 82.2. The minimum Gasteiger partial charge on any atom is -0.505 e. The van der Waals surface area contributed by atoms with E-state index in [1.54, 1.807) is 66.8 Å². The summed E-state index contributed by atoms with van der Waals surface area (Å²) < 4.78 is 14.4. The number of nitrogens with zero attached hydrogens (tertiary/aromatic N) is 15. The molecule has 2 saturated carbocycles. The van der Waals surface area contributed by atoms with Crippen LogP contribution in [0, 0.1) is 36.2 Å². The minimum absolute atomic E-state index is 0. The number of pyridine rings is 1. The molecule has 0 unspecified atom stereocenters. The van der Waals surface area contributed by atoms with Gasteiger partial charge in [0.15, 0.2) is 34.5 Å². The second kappa shape index (κ2) is 36.7. The third kappa shape index (κ3) is 19.0. The molecule has 0 atom stereocenters. The van der Waals surface area contributed by atoms with Crippen LogP contribution in [0.15, 0.2) is 143 Å². The summed E-state index contributed by atoms with van der Waals surface area (Å²) in [6.07, 6.45) is 14.6. The van der Waals surface area contributed by atoms with Gasteiger partial charge in [-0.05, 0) is 135 Å². The number of phenols is 6. The predicted molar refractivity (Wildman–Crippen MR) is 460 cm³/mol. The molecule has 2 aliphatic rings. The van der Waals surface area contributed by atoms with E-state index in [4.69, 9.17) is 121 Å². The molecule has 9 heterocycles. The number of aromatic nitrogens is 15. The van der Waals surface area contributed by atoms with Crippen molar-refractivity contribution in [3.63, 3.8) is 0 Å². The fourth-order valence-electron chi connectivity index (χ4n) is 11.5. The maximum Gasteiger partial charge on any atom is 0.263 e. The van der Waals surface area contributed by atoms with E-state index in [2.05, 4.69) is 45.0 Å². The average Bonchev–Trinajstić information content (AvgIpc) is 1.61. The van der Waals surface area contributed by atoms with Crippen molar-refractivity contribution in [1.29, 1.82) is 0 Å². The predicted octanol–water partition coefficient (Wildman–Crippen LogP) is 16.6. The highest BCUT2D eigenvalue weighted by Gasteiger charge is 2.26. The molecule has 596 valence electrons. The number of aromatic hydroxyl groups is 6. The molecule has 0 radical (unpaired) electrons. The van der Waals surface area contributed by atoms with E-state index in [1.807, 2.05) is 41.0 Å². The van der Waals surface area contributed by atoms with Gasteiger partial charge in [0, 0.05) is 37.3 Å². The molecule has 28 nitrogen and oxygen atoms in total. The molecule has 9 aromatic heterocycles. The maximum atomic E-state index is 12.6. The van der Waals surface area contributed by atoms with Gasteiger partial charge in [-0.15, -0.1) is 28.3 Å². The number of fused-ring (bicyclic) bond motifs is 6. The van der Waals surface area contributed by atoms with E-state index in [9.17, 15) is 59.4 Å². The molecule has 17 rings (SSSR count). The van der Waals surface area contributed by atoms with Crippen LogP contribution in [0.25, 0.3) is 65.4 Å². The molecule has 0 spiro atoms. The molecule has 15 aromatic rings. The maximum absolute atomic E-state index is 12.6. The molecular formula is C74H57BrCl10IN15O13S. The van der Waals surface area contributed by atoms with Gasteiger partial charge in [-0.2, -0.15) is 0 Å². The number of hydrogen-bond donors (Lipinski definition) is 6. The number of thiazole rings is 1. The largest absolute Gasteiger partial charge is 0.505 e. The van der Waals surface area contributed by atoms with Gasteiger partial charge >= 0.3 is 0 Å². The first-order valence-corrected chi connectivity index (χ1v) is 39.3. The lowest BCUT2D eigenvalue weighted by atomic mass is 10.2. The van der Waals surface area contributed by atoms with E-state index in [0.717, 1.165) is 41.3 Å². The van der Waals surface area contributed by atoms with Crippen LogP contribution in [-0.4, -0.2) is 103 Å². The number of benzene rings is 6. The van der Waals surface area contributed by atoms with E-state index < -0.39 is 0 Å². The lowest BCUT2D eigenvalue weighted by Gasteiger charge is -2.09. The second-order valence-electron chi connectivity index (χ2n) is 25.8. The summed E-state index contributed by atoms with van der Waals surface area (Å²) in [6, 6.07) is 15.6. The fourth-order valence-corrected chi connectivity index (χ4v) is 15.2. The summed E-state index contributed by atoms with van der Waals surface area (Å²) in [5.74, 6) is 0.727. The third-order valence-corrected chi connectivity index (χ3v) is 22.4. The molecule has 2 aliphatic carbocycles. The molecule has 0 aliphatic heterocycles. The van der Waals surface area contributed by atoms with E-state index in [-0.39, 0.29) is 203 Å². The first-order valence-electron chi connectivity index (χ1n) is 33.6. The first kappa shape index (κ1) is 86.9. The van der Waals surface area contributed by atoms with Crippen LogP contribution in [-0.2, 0) is 39.8 Å². The Morgan fingerprint density at radius 2 is 0.800 bits per heavy atom. The highest BCUT2D eigenvalue weighted by Crippen LogP contribution is 2.40. The van der Waals surface area contributed by atoms with Crippen LogP contribution < -0.4 is 33.4 Å². The molecule has 41 heteroatoms. The molecule has 6 aromatic carbocycles. The Morgan fingerprint density at radius 3 is 1.17 bits per heavy atom. The quantitative estimate of drug-likeness (QED) is 0.0693. The highest BCUT2D eigenvalue weighted by molar-refractivity contribution is 14.1. The van der Waals surface area contributed by atoms with Gasteiger partial charge in [-0.3, -0.25) is 56.6 Å². The van der Waals surface area contributed by atoms with Gasteiger partial charge in [0.05, 0.1) is 166 Å². The molecule has 0 saturated heterocycles. The van der Waals surface area contributed by atoms with Crippen molar-refractivity contribution >= 4 is 232 Å². The Labute approximate surface area is 725 Å². The lowest BCUT2D eigenvalue weighted by molar-refractivity contribution is 0.392. The number of rotatable bonds is 10. The normalized spacial score (nSPS) is 12.3. The van der Waals surface area contributed by atoms with Crippen LogP contribution in [0.5, 0.6) is 34.5 Å². The molecule has 0 amide bonds. The van der Waals surface area contributed by atoms with Crippen LogP contribution in [0.1, 0.15) is 59.1 Å². The summed E-state index contributed by atoms with van der Waals surface area (Å²) in [5.41, 5.74) is 2.25. The number of aryl methyl sites for hydroxylation is 4. The van der Waals surface area contributed by atoms with Gasteiger partial charge in [-0.25, -0.2) is 34.9 Å². The SMILES string of the molecule is Br.Cc1nc(Cn2cnc3c(O)c(Cl)cc(Cl)c3c2=O)cs1.Cc1noc(C)c1Cn1cnc2c(O)c(Cl)cc(Cl)c2c1=O.Cn1cnc2c(O)c(Cl)cc(Cl)c2c1=O.O=c1c2c(Cl)cc(Cl)c(O)c2ncn1CC1CC1.O=c1c2c(Cl)cc(Cl)c(O)c2ncn1Cc1ccccn1.O=c1c2ccc(I)c(O)c2ncn1CC1CC1. The smallest absolute Gasteiger partial charge is 0.263 e. The Morgan fingerprint density at radius 1 is 0.435 bits per heavy atom. The van der Waals surface area contributed by atoms with Gasteiger partial charge in [0.2, 0.25) is 0 Å². The molecule has 0 bridgehead atoms. The van der Waals surface area contributed by atoms with E-state index >= 15 is 0 Å². The third-order valence-electron chi connectivity index (χ3n) is 17.8. The Bertz CT molecular complexity index is 6730. The summed E-state index contributed by atoms with van der Waals surface area (Å²) >= 11 is 62.6. The monoisotopic (exact) mass is 1950 g/mol. The van der Waals surface area contributed by atoms with Gasteiger partial charge < -0.3 is 39.7 Å². The van der Waals surface area contributed by atoms with Crippen molar-refractivity contribution in [2.75, 3.05) is 0 Å². The Hall–Kier alpha value is -8.94. The summed E-state index contributed by atoms with van der Waals surface area (Å²) in [6.45, 7) is 7.68. The zero-order valence-corrected chi connectivity index (χ0v) is 71.9. The lowest BCUT2D eigenvalue weighted by Crippen LogP contribution is -2.22. The molecule has 2 fully saturated rings. The van der Waals surface area contributed by atoms with Crippen LogP contribution in [0.4, 0.5) is 0 Å². The van der Waals surface area contributed by atoms with E-state index in [0.29, 0.717) is 50.9 Å². The number of halogens is 12. The highest BCUT2D eigenvalue weighted by atomic mass is 127. The Balaban J connectivity index is 0.000000136. The summed E-state index contributed by atoms with van der Waals surface area (Å²) in [7, 11) is 1.55. The Kier molecular flexibility index (Phi) is 27.7. The van der Waals surface area contributed by atoms with Gasteiger partial charge in [-0.1, -0.05) is 127 Å². The van der Waals surface area contributed by atoms with Crippen molar-refractivity contribution in [2.24, 2.45) is 18.9 Å². The van der Waals surface area contributed by atoms with Crippen LogP contribution in [0.2, 0.25) is 50.2 Å². The molecular weight excluding hydrogens is 1900 g/mol. The van der Waals surface area contributed by atoms with Crippen molar-refractivity contribution in [1.82, 2.24) is 72.4 Å². The first-order chi connectivity index (χ1) is 54.2. The topological polar surface area (TPSA) is 383 Å². The van der Waals surface area contributed by atoms with Crippen molar-refractivity contribution in [3.05, 3.63) is 260 Å². The van der Waals surface area contributed by atoms with Crippen molar-refractivity contribution in [3.8, 4) is 34.5 Å². The minimum atomic E-state index is -0.373.